The van der Waals surface area contributed by atoms with Crippen molar-refractivity contribution in [2.45, 2.75) is 0 Å². The van der Waals surface area contributed by atoms with Gasteiger partial charge < -0.3 is 15.1 Å². The van der Waals surface area contributed by atoms with Crippen LogP contribution in [0.4, 0.5) is 15.9 Å². The summed E-state index contributed by atoms with van der Waals surface area (Å²) in [7, 11) is 0. The molecule has 31 heavy (non-hydrogen) atoms. The van der Waals surface area contributed by atoms with Crippen molar-refractivity contribution in [3.63, 3.8) is 0 Å². The third kappa shape index (κ3) is 4.83. The number of amides is 2. The molecule has 158 valence electrons. The van der Waals surface area contributed by atoms with E-state index in [4.69, 9.17) is 11.6 Å². The zero-order chi connectivity index (χ0) is 21.8. The van der Waals surface area contributed by atoms with E-state index in [-0.39, 0.29) is 11.8 Å². The Hall–Kier alpha value is -3.45. The molecular formula is C23H20ClFN4O2. The number of carbonyl (C=O) groups excluding carboxylic acids is 2. The molecular weight excluding hydrogens is 419 g/mol. The SMILES string of the molecule is O=C(Nc1ccc(N2CCN(C(=O)c3cccc(F)c3)CC2)nc1)c1ccccc1Cl. The van der Waals surface area contributed by atoms with Crippen LogP contribution in [0, 0.1) is 5.82 Å². The molecule has 1 N–H and O–H groups in total. The normalized spacial score (nSPS) is 13.7. The molecule has 2 amide bonds. The second kappa shape index (κ2) is 9.14. The number of halogens is 2. The van der Waals surface area contributed by atoms with Gasteiger partial charge in [0.05, 0.1) is 22.5 Å². The standard InChI is InChI=1S/C23H20ClFN4O2/c24-20-7-2-1-6-19(20)22(30)27-18-8-9-21(26-15-18)28-10-12-29(13-11-28)23(31)16-4-3-5-17(25)14-16/h1-9,14-15H,10-13H2,(H,27,30). The summed E-state index contributed by atoms with van der Waals surface area (Å²) >= 11 is 6.06. The lowest BCUT2D eigenvalue weighted by Crippen LogP contribution is -2.49. The first-order valence-corrected chi connectivity index (χ1v) is 10.2. The number of aromatic nitrogens is 1. The summed E-state index contributed by atoms with van der Waals surface area (Å²) in [6.45, 7) is 2.25. The summed E-state index contributed by atoms with van der Waals surface area (Å²) in [5.41, 5.74) is 1.31. The maximum absolute atomic E-state index is 13.4. The zero-order valence-electron chi connectivity index (χ0n) is 16.6. The van der Waals surface area contributed by atoms with Gasteiger partial charge in [-0.15, -0.1) is 0 Å². The number of rotatable bonds is 4. The Balaban J connectivity index is 1.35. The van der Waals surface area contributed by atoms with Gasteiger partial charge >= 0.3 is 0 Å². The van der Waals surface area contributed by atoms with E-state index in [1.165, 1.54) is 18.2 Å². The smallest absolute Gasteiger partial charge is 0.257 e. The Labute approximate surface area is 184 Å². The largest absolute Gasteiger partial charge is 0.353 e. The highest BCUT2D eigenvalue weighted by Crippen LogP contribution is 2.20. The number of carbonyl (C=O) groups is 2. The fraction of sp³-hybridized carbons (Fsp3) is 0.174. The van der Waals surface area contributed by atoms with Gasteiger partial charge in [-0.2, -0.15) is 0 Å². The van der Waals surface area contributed by atoms with Gasteiger partial charge in [0.15, 0.2) is 0 Å². The molecule has 0 radical (unpaired) electrons. The van der Waals surface area contributed by atoms with Crippen LogP contribution in [0.3, 0.4) is 0 Å². The first-order valence-electron chi connectivity index (χ1n) is 9.83. The highest BCUT2D eigenvalue weighted by Gasteiger charge is 2.23. The number of hydrogen-bond donors (Lipinski definition) is 1. The van der Waals surface area contributed by atoms with Crippen LogP contribution in [0.5, 0.6) is 0 Å². The van der Waals surface area contributed by atoms with Crippen LogP contribution in [-0.4, -0.2) is 47.9 Å². The van der Waals surface area contributed by atoms with Gasteiger partial charge in [0.1, 0.15) is 11.6 Å². The van der Waals surface area contributed by atoms with Crippen molar-refractivity contribution in [1.29, 1.82) is 0 Å². The van der Waals surface area contributed by atoms with E-state index in [2.05, 4.69) is 15.2 Å². The van der Waals surface area contributed by atoms with Crippen LogP contribution in [0.1, 0.15) is 20.7 Å². The molecule has 0 spiro atoms. The van der Waals surface area contributed by atoms with Crippen molar-refractivity contribution in [1.82, 2.24) is 9.88 Å². The highest BCUT2D eigenvalue weighted by atomic mass is 35.5. The van der Waals surface area contributed by atoms with E-state index in [9.17, 15) is 14.0 Å². The second-order valence-electron chi connectivity index (χ2n) is 7.13. The van der Waals surface area contributed by atoms with Crippen LogP contribution in [0.25, 0.3) is 0 Å². The number of anilines is 2. The average molecular weight is 439 g/mol. The molecule has 6 nitrogen and oxygen atoms in total. The summed E-state index contributed by atoms with van der Waals surface area (Å²) < 4.78 is 13.4. The lowest BCUT2D eigenvalue weighted by molar-refractivity contribution is 0.0746. The summed E-state index contributed by atoms with van der Waals surface area (Å²) in [5.74, 6) is -0.140. The van der Waals surface area contributed by atoms with Crippen molar-refractivity contribution >= 4 is 34.9 Å². The number of pyridine rings is 1. The predicted molar refractivity (Wildman–Crippen MR) is 118 cm³/mol. The number of piperazine rings is 1. The topological polar surface area (TPSA) is 65.5 Å². The van der Waals surface area contributed by atoms with Crippen LogP contribution < -0.4 is 10.2 Å². The zero-order valence-corrected chi connectivity index (χ0v) is 17.3. The molecule has 0 saturated carbocycles. The number of nitrogens with one attached hydrogen (secondary N) is 1. The lowest BCUT2D eigenvalue weighted by atomic mass is 10.1. The molecule has 0 aliphatic carbocycles. The van der Waals surface area contributed by atoms with E-state index in [1.807, 2.05) is 6.07 Å². The Bertz CT molecular complexity index is 1100. The molecule has 1 aliphatic heterocycles. The molecule has 0 bridgehead atoms. The van der Waals surface area contributed by atoms with Crippen molar-refractivity contribution in [2.75, 3.05) is 36.4 Å². The highest BCUT2D eigenvalue weighted by molar-refractivity contribution is 6.34. The molecule has 1 aliphatic rings. The van der Waals surface area contributed by atoms with Gasteiger partial charge in [0.2, 0.25) is 0 Å². The third-order valence-electron chi connectivity index (χ3n) is 5.09. The van der Waals surface area contributed by atoms with Gasteiger partial charge in [-0.1, -0.05) is 29.8 Å². The summed E-state index contributed by atoms with van der Waals surface area (Å²) in [6, 6.07) is 16.2. The maximum Gasteiger partial charge on any atom is 0.257 e. The summed E-state index contributed by atoms with van der Waals surface area (Å²) in [5, 5.41) is 3.17. The number of hydrogen-bond acceptors (Lipinski definition) is 4. The molecule has 1 saturated heterocycles. The first kappa shape index (κ1) is 20.8. The Morgan fingerprint density at radius 3 is 2.42 bits per heavy atom. The number of nitrogens with zero attached hydrogens (tertiary/aromatic N) is 3. The molecule has 0 atom stereocenters. The Morgan fingerprint density at radius 1 is 0.968 bits per heavy atom. The first-order chi connectivity index (χ1) is 15.0. The number of benzene rings is 2. The third-order valence-corrected chi connectivity index (χ3v) is 5.42. The van der Waals surface area contributed by atoms with Gasteiger partial charge in [0.25, 0.3) is 11.8 Å². The fourth-order valence-electron chi connectivity index (χ4n) is 3.43. The van der Waals surface area contributed by atoms with E-state index >= 15 is 0 Å². The van der Waals surface area contributed by atoms with E-state index in [0.717, 1.165) is 5.82 Å². The Kier molecular flexibility index (Phi) is 6.13. The molecule has 1 aromatic heterocycles. The minimum Gasteiger partial charge on any atom is -0.353 e. The molecule has 8 heteroatoms. The summed E-state index contributed by atoms with van der Waals surface area (Å²) in [6.07, 6.45) is 1.59. The van der Waals surface area contributed by atoms with Gasteiger partial charge in [-0.3, -0.25) is 9.59 Å². The molecule has 3 aromatic rings. The second-order valence-corrected chi connectivity index (χ2v) is 7.54. The monoisotopic (exact) mass is 438 g/mol. The van der Waals surface area contributed by atoms with Crippen molar-refractivity contribution < 1.29 is 14.0 Å². The molecule has 2 heterocycles. The fourth-order valence-corrected chi connectivity index (χ4v) is 3.66. The minimum atomic E-state index is -0.421. The molecule has 1 fully saturated rings. The van der Waals surface area contributed by atoms with Crippen LogP contribution in [-0.2, 0) is 0 Å². The summed E-state index contributed by atoms with van der Waals surface area (Å²) in [4.78, 5) is 33.1. The van der Waals surface area contributed by atoms with Crippen LogP contribution in [0.2, 0.25) is 5.02 Å². The van der Waals surface area contributed by atoms with Gasteiger partial charge in [0, 0.05) is 31.7 Å². The average Bonchev–Trinajstić information content (AvgIpc) is 2.79. The molecule has 2 aromatic carbocycles. The van der Waals surface area contributed by atoms with Crippen molar-refractivity contribution in [2.24, 2.45) is 0 Å². The van der Waals surface area contributed by atoms with Crippen LogP contribution >= 0.6 is 11.6 Å². The van der Waals surface area contributed by atoms with E-state index in [1.54, 1.807) is 47.5 Å². The van der Waals surface area contributed by atoms with Gasteiger partial charge in [-0.25, -0.2) is 9.37 Å². The maximum atomic E-state index is 13.4. The van der Waals surface area contributed by atoms with Gasteiger partial charge in [-0.05, 0) is 42.5 Å². The molecule has 4 rings (SSSR count). The van der Waals surface area contributed by atoms with E-state index in [0.29, 0.717) is 48.0 Å². The minimum absolute atomic E-state index is 0.176. The lowest BCUT2D eigenvalue weighted by Gasteiger charge is -2.35. The van der Waals surface area contributed by atoms with E-state index < -0.39 is 5.82 Å². The van der Waals surface area contributed by atoms with Crippen molar-refractivity contribution in [3.05, 3.63) is 88.8 Å². The molecule has 0 unspecified atom stereocenters. The quantitative estimate of drug-likeness (QED) is 0.666. The Morgan fingerprint density at radius 2 is 1.74 bits per heavy atom. The van der Waals surface area contributed by atoms with Crippen molar-refractivity contribution in [3.8, 4) is 0 Å². The predicted octanol–water partition coefficient (Wildman–Crippen LogP) is 4.09. The van der Waals surface area contributed by atoms with Crippen LogP contribution in [0.15, 0.2) is 66.9 Å².